The van der Waals surface area contributed by atoms with Crippen molar-refractivity contribution in [2.45, 2.75) is 25.0 Å². The minimum atomic E-state index is -0.262. The SMILES string of the molecule is O=C1c2ccccc2N[C@@H](c2cn(-c3ccccc3)nc2-c2ccccc2)N1C1CC1. The number of carbonyl (C=O) groups is 1. The molecule has 2 aliphatic rings. The van der Waals surface area contributed by atoms with E-state index in [1.165, 1.54) is 0 Å². The van der Waals surface area contributed by atoms with Gasteiger partial charge in [0, 0.05) is 29.1 Å². The Labute approximate surface area is 180 Å². The third-order valence-electron chi connectivity index (χ3n) is 6.01. The van der Waals surface area contributed by atoms with Crippen LogP contribution < -0.4 is 5.32 Å². The van der Waals surface area contributed by atoms with Gasteiger partial charge in [-0.05, 0) is 37.1 Å². The molecule has 1 atom stereocenters. The summed E-state index contributed by atoms with van der Waals surface area (Å²) in [6, 6.07) is 28.3. The Morgan fingerprint density at radius 1 is 0.839 bits per heavy atom. The molecule has 1 aliphatic heterocycles. The van der Waals surface area contributed by atoms with Crippen LogP contribution in [0.25, 0.3) is 16.9 Å². The molecule has 0 spiro atoms. The van der Waals surface area contributed by atoms with E-state index in [2.05, 4.69) is 23.6 Å². The molecule has 5 nitrogen and oxygen atoms in total. The predicted molar refractivity (Wildman–Crippen MR) is 121 cm³/mol. The van der Waals surface area contributed by atoms with E-state index in [4.69, 9.17) is 5.10 Å². The van der Waals surface area contributed by atoms with E-state index in [9.17, 15) is 4.79 Å². The molecular formula is C26H22N4O. The molecule has 0 bridgehead atoms. The summed E-state index contributed by atoms with van der Waals surface area (Å²) in [6.07, 6.45) is 3.88. The molecule has 0 radical (unpaired) electrons. The Hall–Kier alpha value is -3.86. The van der Waals surface area contributed by atoms with Crippen molar-refractivity contribution in [3.8, 4) is 16.9 Å². The van der Waals surface area contributed by atoms with Gasteiger partial charge in [0.15, 0.2) is 0 Å². The van der Waals surface area contributed by atoms with Crippen LogP contribution in [-0.2, 0) is 0 Å². The highest BCUT2D eigenvalue weighted by atomic mass is 16.2. The normalized spacial score (nSPS) is 17.9. The predicted octanol–water partition coefficient (Wildman–Crippen LogP) is 5.27. The fourth-order valence-electron chi connectivity index (χ4n) is 4.35. The largest absolute Gasteiger partial charge is 0.361 e. The molecule has 4 aromatic rings. The fourth-order valence-corrected chi connectivity index (χ4v) is 4.35. The Morgan fingerprint density at radius 3 is 2.26 bits per heavy atom. The van der Waals surface area contributed by atoms with Crippen LogP contribution in [0.4, 0.5) is 5.69 Å². The van der Waals surface area contributed by atoms with Crippen molar-refractivity contribution in [1.82, 2.24) is 14.7 Å². The van der Waals surface area contributed by atoms with Crippen LogP contribution in [0.15, 0.2) is 91.1 Å². The number of carbonyl (C=O) groups excluding carboxylic acids is 1. The standard InChI is InChI=1S/C26H22N4O/c31-26-21-13-7-8-14-23(21)27-25(30(26)20-15-16-20)22-17-29(19-11-5-2-6-12-19)28-24(22)18-9-3-1-4-10-18/h1-14,17,20,25,27H,15-16H2/t25-/m1/s1. The number of nitrogens with one attached hydrogen (secondary N) is 1. The first kappa shape index (κ1) is 18.0. The summed E-state index contributed by atoms with van der Waals surface area (Å²) in [5.74, 6) is 0.0910. The van der Waals surface area contributed by atoms with Crippen molar-refractivity contribution in [3.63, 3.8) is 0 Å². The van der Waals surface area contributed by atoms with Gasteiger partial charge < -0.3 is 10.2 Å². The maximum atomic E-state index is 13.5. The van der Waals surface area contributed by atoms with E-state index < -0.39 is 0 Å². The summed E-state index contributed by atoms with van der Waals surface area (Å²) < 4.78 is 1.91. The number of hydrogen-bond acceptors (Lipinski definition) is 3. The van der Waals surface area contributed by atoms with Gasteiger partial charge in [0.05, 0.1) is 16.9 Å². The maximum Gasteiger partial charge on any atom is 0.258 e. The first-order chi connectivity index (χ1) is 15.3. The summed E-state index contributed by atoms with van der Waals surface area (Å²) in [7, 11) is 0. The number of amides is 1. The second kappa shape index (κ2) is 7.13. The molecule has 1 aromatic heterocycles. The summed E-state index contributed by atoms with van der Waals surface area (Å²) in [5.41, 5.74) is 5.54. The molecule has 1 N–H and O–H groups in total. The van der Waals surface area contributed by atoms with Crippen LogP contribution in [0.1, 0.15) is 34.9 Å². The minimum absolute atomic E-state index is 0.0910. The zero-order valence-corrected chi connectivity index (χ0v) is 17.0. The smallest absolute Gasteiger partial charge is 0.258 e. The van der Waals surface area contributed by atoms with Gasteiger partial charge >= 0.3 is 0 Å². The number of para-hydroxylation sites is 2. The zero-order valence-electron chi connectivity index (χ0n) is 17.0. The maximum absolute atomic E-state index is 13.5. The molecule has 6 rings (SSSR count). The summed E-state index contributed by atoms with van der Waals surface area (Å²) in [6.45, 7) is 0. The van der Waals surface area contributed by atoms with Crippen LogP contribution in [0.3, 0.4) is 0 Å². The number of rotatable bonds is 4. The van der Waals surface area contributed by atoms with E-state index in [0.717, 1.165) is 46.6 Å². The van der Waals surface area contributed by atoms with Gasteiger partial charge in [-0.1, -0.05) is 60.7 Å². The van der Waals surface area contributed by atoms with Crippen LogP contribution in [0.5, 0.6) is 0 Å². The third-order valence-corrected chi connectivity index (χ3v) is 6.01. The Kier molecular flexibility index (Phi) is 4.13. The highest BCUT2D eigenvalue weighted by molar-refractivity contribution is 6.02. The van der Waals surface area contributed by atoms with Gasteiger partial charge in [0.25, 0.3) is 5.91 Å². The van der Waals surface area contributed by atoms with Crippen molar-refractivity contribution in [1.29, 1.82) is 0 Å². The van der Waals surface area contributed by atoms with Gasteiger partial charge in [-0.15, -0.1) is 0 Å². The highest BCUT2D eigenvalue weighted by Gasteiger charge is 2.43. The molecule has 0 unspecified atom stereocenters. The first-order valence-electron chi connectivity index (χ1n) is 10.7. The van der Waals surface area contributed by atoms with Crippen LogP contribution in [0.2, 0.25) is 0 Å². The van der Waals surface area contributed by atoms with Crippen molar-refractivity contribution < 1.29 is 4.79 Å². The molecule has 31 heavy (non-hydrogen) atoms. The number of hydrogen-bond donors (Lipinski definition) is 1. The highest BCUT2D eigenvalue weighted by Crippen LogP contribution is 2.43. The van der Waals surface area contributed by atoms with Crippen LogP contribution in [0, 0.1) is 0 Å². The lowest BCUT2D eigenvalue weighted by Crippen LogP contribution is -2.44. The fraction of sp³-hybridized carbons (Fsp3) is 0.154. The van der Waals surface area contributed by atoms with Crippen molar-refractivity contribution in [2.75, 3.05) is 5.32 Å². The Balaban J connectivity index is 1.53. The molecule has 2 heterocycles. The van der Waals surface area contributed by atoms with Crippen molar-refractivity contribution >= 4 is 11.6 Å². The average Bonchev–Trinajstić information content (AvgIpc) is 3.57. The summed E-state index contributed by atoms with van der Waals surface area (Å²) >= 11 is 0. The lowest BCUT2D eigenvalue weighted by atomic mass is 10.0. The van der Waals surface area contributed by atoms with Gasteiger partial charge in [-0.2, -0.15) is 5.10 Å². The molecule has 152 valence electrons. The third kappa shape index (κ3) is 3.10. The second-order valence-electron chi connectivity index (χ2n) is 8.12. The molecule has 1 aliphatic carbocycles. The minimum Gasteiger partial charge on any atom is -0.361 e. The monoisotopic (exact) mass is 406 g/mol. The lowest BCUT2D eigenvalue weighted by molar-refractivity contribution is 0.0667. The second-order valence-corrected chi connectivity index (χ2v) is 8.12. The molecule has 3 aromatic carbocycles. The number of nitrogens with zero attached hydrogens (tertiary/aromatic N) is 3. The van der Waals surface area contributed by atoms with Crippen molar-refractivity contribution in [3.05, 3.63) is 102 Å². The molecule has 1 amide bonds. The first-order valence-corrected chi connectivity index (χ1v) is 10.7. The average molecular weight is 406 g/mol. The molecular weight excluding hydrogens is 384 g/mol. The van der Waals surface area contributed by atoms with Gasteiger partial charge in [0.1, 0.15) is 6.17 Å². The van der Waals surface area contributed by atoms with Gasteiger partial charge in [0.2, 0.25) is 0 Å². The van der Waals surface area contributed by atoms with E-state index in [1.807, 2.05) is 82.4 Å². The Bertz CT molecular complexity index is 1240. The van der Waals surface area contributed by atoms with E-state index in [1.54, 1.807) is 0 Å². The summed E-state index contributed by atoms with van der Waals surface area (Å²) in [4.78, 5) is 15.5. The number of anilines is 1. The zero-order chi connectivity index (χ0) is 20.8. The van der Waals surface area contributed by atoms with E-state index in [0.29, 0.717) is 0 Å². The Morgan fingerprint density at radius 2 is 1.52 bits per heavy atom. The van der Waals surface area contributed by atoms with Crippen molar-refractivity contribution in [2.24, 2.45) is 0 Å². The van der Waals surface area contributed by atoms with E-state index >= 15 is 0 Å². The quantitative estimate of drug-likeness (QED) is 0.502. The number of aromatic nitrogens is 2. The van der Waals surface area contributed by atoms with Crippen LogP contribution >= 0.6 is 0 Å². The number of benzene rings is 3. The topological polar surface area (TPSA) is 50.2 Å². The molecule has 5 heteroatoms. The molecule has 1 saturated carbocycles. The van der Waals surface area contributed by atoms with Gasteiger partial charge in [-0.25, -0.2) is 4.68 Å². The van der Waals surface area contributed by atoms with E-state index in [-0.39, 0.29) is 18.1 Å². The lowest BCUT2D eigenvalue weighted by Gasteiger charge is -2.38. The molecule has 0 saturated heterocycles. The number of fused-ring (bicyclic) bond motifs is 1. The molecule has 1 fully saturated rings. The van der Waals surface area contributed by atoms with Gasteiger partial charge in [-0.3, -0.25) is 4.79 Å². The summed E-state index contributed by atoms with van der Waals surface area (Å²) in [5, 5.41) is 8.60. The van der Waals surface area contributed by atoms with Crippen LogP contribution in [-0.4, -0.2) is 26.6 Å².